The number of ether oxygens (including phenoxy) is 1. The molecule has 110 valence electrons. The Hall–Kier alpha value is -1.50. The van der Waals surface area contributed by atoms with Crippen molar-refractivity contribution in [1.82, 2.24) is 4.90 Å². The Kier molecular flexibility index (Phi) is 7.14. The van der Waals surface area contributed by atoms with E-state index in [0.29, 0.717) is 18.1 Å². The second-order valence-electron chi connectivity index (χ2n) is 4.57. The Morgan fingerprint density at radius 3 is 2.60 bits per heavy atom. The standard InChI is InChI=1S/C14H21N3O2S/c1-17(8-3-9-19-2)10-13(18)16-12-6-4-11(5-7-12)14(15)20/h4-7H,3,8-10H2,1-2H3,(H2,15,20)(H,16,18). The molecule has 0 saturated heterocycles. The van der Waals surface area contributed by atoms with Crippen LogP contribution in [0.2, 0.25) is 0 Å². The van der Waals surface area contributed by atoms with Crippen LogP contribution in [0.25, 0.3) is 0 Å². The number of methoxy groups -OCH3 is 1. The molecule has 6 heteroatoms. The van der Waals surface area contributed by atoms with Crippen LogP contribution >= 0.6 is 12.2 Å². The largest absolute Gasteiger partial charge is 0.389 e. The molecule has 0 radical (unpaired) electrons. The number of benzene rings is 1. The molecule has 20 heavy (non-hydrogen) atoms. The van der Waals surface area contributed by atoms with Gasteiger partial charge in [0.2, 0.25) is 5.91 Å². The lowest BCUT2D eigenvalue weighted by Gasteiger charge is -2.16. The molecule has 0 spiro atoms. The third-order valence-corrected chi connectivity index (χ3v) is 2.99. The number of amides is 1. The summed E-state index contributed by atoms with van der Waals surface area (Å²) in [7, 11) is 3.58. The van der Waals surface area contributed by atoms with Gasteiger partial charge in [-0.05, 0) is 37.7 Å². The number of rotatable bonds is 8. The van der Waals surface area contributed by atoms with E-state index in [9.17, 15) is 4.79 Å². The average molecular weight is 295 g/mol. The number of nitrogens with two attached hydrogens (primary N) is 1. The first-order chi connectivity index (χ1) is 9.52. The fourth-order valence-corrected chi connectivity index (χ4v) is 1.86. The van der Waals surface area contributed by atoms with Crippen LogP contribution in [0.1, 0.15) is 12.0 Å². The Morgan fingerprint density at radius 1 is 1.40 bits per heavy atom. The molecule has 0 aliphatic carbocycles. The first-order valence-electron chi connectivity index (χ1n) is 6.40. The zero-order chi connectivity index (χ0) is 15.0. The van der Waals surface area contributed by atoms with Crippen LogP contribution < -0.4 is 11.1 Å². The molecule has 0 atom stereocenters. The van der Waals surface area contributed by atoms with E-state index in [4.69, 9.17) is 22.7 Å². The summed E-state index contributed by atoms with van der Waals surface area (Å²) < 4.78 is 4.98. The fourth-order valence-electron chi connectivity index (χ4n) is 1.72. The van der Waals surface area contributed by atoms with Gasteiger partial charge >= 0.3 is 0 Å². The van der Waals surface area contributed by atoms with E-state index < -0.39 is 0 Å². The van der Waals surface area contributed by atoms with E-state index in [2.05, 4.69) is 5.32 Å². The third kappa shape index (κ3) is 6.10. The van der Waals surface area contributed by atoms with Gasteiger partial charge in [0.05, 0.1) is 6.54 Å². The number of hydrogen-bond acceptors (Lipinski definition) is 4. The highest BCUT2D eigenvalue weighted by Gasteiger charge is 2.07. The summed E-state index contributed by atoms with van der Waals surface area (Å²) >= 11 is 4.87. The van der Waals surface area contributed by atoms with Crippen LogP contribution in [-0.4, -0.2) is 49.6 Å². The summed E-state index contributed by atoms with van der Waals surface area (Å²) in [6.45, 7) is 1.87. The van der Waals surface area contributed by atoms with Gasteiger partial charge < -0.3 is 15.8 Å². The molecule has 1 aromatic rings. The molecule has 0 heterocycles. The van der Waals surface area contributed by atoms with Crippen molar-refractivity contribution in [2.75, 3.05) is 39.2 Å². The van der Waals surface area contributed by atoms with Crippen LogP contribution in [0.3, 0.4) is 0 Å². The lowest BCUT2D eigenvalue weighted by Crippen LogP contribution is -2.31. The quantitative estimate of drug-likeness (QED) is 0.558. The average Bonchev–Trinajstić information content (AvgIpc) is 2.39. The minimum atomic E-state index is -0.0482. The van der Waals surface area contributed by atoms with Gasteiger partial charge in [-0.1, -0.05) is 12.2 Å². The monoisotopic (exact) mass is 295 g/mol. The summed E-state index contributed by atoms with van der Waals surface area (Å²) in [5.74, 6) is -0.0482. The predicted octanol–water partition coefficient (Wildman–Crippen LogP) is 1.23. The first kappa shape index (κ1) is 16.6. The van der Waals surface area contributed by atoms with Gasteiger partial charge in [0.1, 0.15) is 4.99 Å². The highest BCUT2D eigenvalue weighted by atomic mass is 32.1. The number of thiocarbonyl (C=S) groups is 1. The van der Waals surface area contributed by atoms with Crippen LogP contribution in [-0.2, 0) is 9.53 Å². The smallest absolute Gasteiger partial charge is 0.238 e. The lowest BCUT2D eigenvalue weighted by molar-refractivity contribution is -0.117. The van der Waals surface area contributed by atoms with Gasteiger partial charge in [-0.3, -0.25) is 9.69 Å². The zero-order valence-corrected chi connectivity index (χ0v) is 12.7. The molecule has 1 aromatic carbocycles. The number of anilines is 1. The first-order valence-corrected chi connectivity index (χ1v) is 6.81. The van der Waals surface area contributed by atoms with E-state index in [1.165, 1.54) is 0 Å². The maximum atomic E-state index is 11.8. The fraction of sp³-hybridized carbons (Fsp3) is 0.429. The lowest BCUT2D eigenvalue weighted by atomic mass is 10.2. The van der Waals surface area contributed by atoms with Crippen molar-refractivity contribution < 1.29 is 9.53 Å². The topological polar surface area (TPSA) is 67.6 Å². The van der Waals surface area contributed by atoms with E-state index in [-0.39, 0.29) is 5.91 Å². The molecular weight excluding hydrogens is 274 g/mol. The molecule has 1 rings (SSSR count). The van der Waals surface area contributed by atoms with Gasteiger partial charge in [0.15, 0.2) is 0 Å². The van der Waals surface area contributed by atoms with Gasteiger partial charge in [-0.2, -0.15) is 0 Å². The number of nitrogens with one attached hydrogen (secondary N) is 1. The molecule has 0 saturated carbocycles. The minimum absolute atomic E-state index is 0.0482. The molecule has 0 aliphatic rings. The van der Waals surface area contributed by atoms with Crippen molar-refractivity contribution in [2.45, 2.75) is 6.42 Å². The van der Waals surface area contributed by atoms with Gasteiger partial charge in [0.25, 0.3) is 0 Å². The molecule has 0 bridgehead atoms. The Bertz CT molecular complexity index is 448. The predicted molar refractivity (Wildman–Crippen MR) is 84.9 cm³/mol. The second-order valence-corrected chi connectivity index (χ2v) is 5.01. The van der Waals surface area contributed by atoms with Crippen molar-refractivity contribution in [3.05, 3.63) is 29.8 Å². The molecule has 0 aliphatic heterocycles. The molecule has 1 amide bonds. The van der Waals surface area contributed by atoms with Crippen molar-refractivity contribution >= 4 is 28.8 Å². The Morgan fingerprint density at radius 2 is 2.05 bits per heavy atom. The molecule has 5 nitrogen and oxygen atoms in total. The highest BCUT2D eigenvalue weighted by molar-refractivity contribution is 7.80. The van der Waals surface area contributed by atoms with E-state index in [1.54, 1.807) is 31.4 Å². The zero-order valence-electron chi connectivity index (χ0n) is 11.9. The number of carbonyl (C=O) groups excluding carboxylic acids is 1. The van der Waals surface area contributed by atoms with E-state index >= 15 is 0 Å². The third-order valence-electron chi connectivity index (χ3n) is 2.75. The molecule has 0 aromatic heterocycles. The van der Waals surface area contributed by atoms with E-state index in [1.807, 2.05) is 11.9 Å². The van der Waals surface area contributed by atoms with Crippen LogP contribution in [0.5, 0.6) is 0 Å². The Balaban J connectivity index is 2.39. The van der Waals surface area contributed by atoms with Crippen molar-refractivity contribution in [1.29, 1.82) is 0 Å². The number of likely N-dealkylation sites (N-methyl/N-ethyl adjacent to an activating group) is 1. The van der Waals surface area contributed by atoms with Crippen LogP contribution in [0, 0.1) is 0 Å². The van der Waals surface area contributed by atoms with Gasteiger partial charge in [0, 0.05) is 31.5 Å². The summed E-state index contributed by atoms with van der Waals surface area (Å²) in [6, 6.07) is 7.16. The van der Waals surface area contributed by atoms with Crippen molar-refractivity contribution in [3.63, 3.8) is 0 Å². The van der Waals surface area contributed by atoms with Crippen molar-refractivity contribution in [2.24, 2.45) is 5.73 Å². The number of hydrogen-bond donors (Lipinski definition) is 2. The number of nitrogens with zero attached hydrogens (tertiary/aromatic N) is 1. The van der Waals surface area contributed by atoms with Crippen LogP contribution in [0.4, 0.5) is 5.69 Å². The summed E-state index contributed by atoms with van der Waals surface area (Å²) in [4.78, 5) is 14.1. The maximum absolute atomic E-state index is 11.8. The molecule has 0 fully saturated rings. The second kappa shape index (κ2) is 8.63. The molecule has 0 unspecified atom stereocenters. The molecule has 3 N–H and O–H groups in total. The van der Waals surface area contributed by atoms with E-state index in [0.717, 1.165) is 24.2 Å². The number of carbonyl (C=O) groups is 1. The normalized spacial score (nSPS) is 10.6. The molecular formula is C14H21N3O2S. The summed E-state index contributed by atoms with van der Waals surface area (Å²) in [5.41, 5.74) is 7.04. The minimum Gasteiger partial charge on any atom is -0.389 e. The summed E-state index contributed by atoms with van der Waals surface area (Å²) in [6.07, 6.45) is 0.906. The van der Waals surface area contributed by atoms with Gasteiger partial charge in [-0.25, -0.2) is 0 Å². The summed E-state index contributed by atoms with van der Waals surface area (Å²) in [5, 5.41) is 2.83. The van der Waals surface area contributed by atoms with Gasteiger partial charge in [-0.15, -0.1) is 0 Å². The maximum Gasteiger partial charge on any atom is 0.238 e. The highest BCUT2D eigenvalue weighted by Crippen LogP contribution is 2.09. The van der Waals surface area contributed by atoms with Crippen LogP contribution in [0.15, 0.2) is 24.3 Å². The Labute approximate surface area is 125 Å². The SMILES string of the molecule is COCCCN(C)CC(=O)Nc1ccc(C(N)=S)cc1. The van der Waals surface area contributed by atoms with Crippen molar-refractivity contribution in [3.8, 4) is 0 Å².